The maximum absolute atomic E-state index is 14.3. The van der Waals surface area contributed by atoms with Crippen LogP contribution in [-0.4, -0.2) is 32.4 Å². The highest BCUT2D eigenvalue weighted by atomic mass is 16.5. The average molecular weight is 546 g/mol. The van der Waals surface area contributed by atoms with Gasteiger partial charge in [0.2, 0.25) is 0 Å². The van der Waals surface area contributed by atoms with E-state index in [1.807, 2.05) is 65.9 Å². The average Bonchev–Trinajstić information content (AvgIpc) is 3.54. The molecular weight excluding hydrogens is 510 g/mol. The number of ether oxygens (including phenoxy) is 1. The van der Waals surface area contributed by atoms with Gasteiger partial charge in [0.25, 0.3) is 0 Å². The van der Waals surface area contributed by atoms with Gasteiger partial charge in [-0.15, -0.1) is 0 Å². The van der Waals surface area contributed by atoms with Gasteiger partial charge in [0.15, 0.2) is 0 Å². The molecule has 0 saturated carbocycles. The number of para-hydroxylation sites is 1. The first kappa shape index (κ1) is 26.4. The van der Waals surface area contributed by atoms with Crippen LogP contribution in [0.4, 0.5) is 10.5 Å². The first-order valence-corrected chi connectivity index (χ1v) is 14.0. The smallest absolute Gasteiger partial charge is 0.323 e. The quantitative estimate of drug-likeness (QED) is 0.248. The normalized spacial score (nSPS) is 14.4. The number of nitrogens with one attached hydrogen (secondary N) is 1. The van der Waals surface area contributed by atoms with Gasteiger partial charge in [-0.05, 0) is 72.9 Å². The summed E-state index contributed by atoms with van der Waals surface area (Å²) in [5.74, 6) is 1.98. The minimum atomic E-state index is -0.335. The van der Waals surface area contributed by atoms with Crippen LogP contribution in [0.1, 0.15) is 59.4 Å². The molecule has 1 aliphatic heterocycles. The largest absolute Gasteiger partial charge is 0.495 e. The van der Waals surface area contributed by atoms with Crippen LogP contribution in [0.3, 0.4) is 0 Å². The molecule has 0 saturated heterocycles. The zero-order valence-corrected chi connectivity index (χ0v) is 24.1. The second kappa shape index (κ2) is 10.7. The van der Waals surface area contributed by atoms with Gasteiger partial charge in [0, 0.05) is 11.8 Å². The number of carbonyl (C=O) groups is 1. The number of carbonyl (C=O) groups excluding carboxylic acids is 1. The van der Waals surface area contributed by atoms with Crippen molar-refractivity contribution in [1.29, 1.82) is 0 Å². The molecule has 2 amide bonds. The molecule has 3 heterocycles. The van der Waals surface area contributed by atoms with E-state index in [1.54, 1.807) is 7.11 Å². The summed E-state index contributed by atoms with van der Waals surface area (Å²) in [5.41, 5.74) is 7.82. The van der Waals surface area contributed by atoms with E-state index in [9.17, 15) is 4.79 Å². The summed E-state index contributed by atoms with van der Waals surface area (Å²) < 4.78 is 9.75. The number of aromatic nitrogens is 3. The SMILES string of the molecule is COc1ccc(C)cc1NC(=O)N1Cc2c(C)nn(-c3ccccc3)c2-n2cccc2C1c1ccc(C(C)C)cc1. The Labute approximate surface area is 241 Å². The maximum Gasteiger partial charge on any atom is 0.323 e. The lowest BCUT2D eigenvalue weighted by molar-refractivity contribution is 0.194. The minimum absolute atomic E-state index is 0.209. The van der Waals surface area contributed by atoms with Crippen molar-refractivity contribution in [1.82, 2.24) is 19.2 Å². The lowest BCUT2D eigenvalue weighted by Gasteiger charge is -2.31. The molecule has 1 N–H and O–H groups in total. The van der Waals surface area contributed by atoms with E-state index in [0.29, 0.717) is 23.9 Å². The number of amides is 2. The van der Waals surface area contributed by atoms with Crippen molar-refractivity contribution >= 4 is 11.7 Å². The summed E-state index contributed by atoms with van der Waals surface area (Å²) in [4.78, 5) is 16.2. The molecular formula is C34H35N5O2. The van der Waals surface area contributed by atoms with Crippen LogP contribution in [0, 0.1) is 13.8 Å². The highest BCUT2D eigenvalue weighted by molar-refractivity contribution is 5.92. The number of anilines is 1. The van der Waals surface area contributed by atoms with Crippen molar-refractivity contribution in [2.24, 2.45) is 0 Å². The van der Waals surface area contributed by atoms with Gasteiger partial charge in [-0.25, -0.2) is 9.48 Å². The first-order valence-electron chi connectivity index (χ1n) is 14.0. The zero-order valence-electron chi connectivity index (χ0n) is 24.1. The van der Waals surface area contributed by atoms with E-state index >= 15 is 0 Å². The van der Waals surface area contributed by atoms with Gasteiger partial charge < -0.3 is 19.5 Å². The minimum Gasteiger partial charge on any atom is -0.495 e. The van der Waals surface area contributed by atoms with E-state index in [-0.39, 0.29) is 12.1 Å². The summed E-state index contributed by atoms with van der Waals surface area (Å²) in [6.07, 6.45) is 2.06. The molecule has 1 atom stereocenters. The fourth-order valence-corrected chi connectivity index (χ4v) is 5.67. The van der Waals surface area contributed by atoms with Gasteiger partial charge in [-0.1, -0.05) is 62.4 Å². The van der Waals surface area contributed by atoms with Gasteiger partial charge in [-0.3, -0.25) is 0 Å². The van der Waals surface area contributed by atoms with Crippen LogP contribution in [0.2, 0.25) is 0 Å². The number of hydrogen-bond acceptors (Lipinski definition) is 3. The van der Waals surface area contributed by atoms with Crippen molar-refractivity contribution in [2.45, 2.75) is 46.2 Å². The van der Waals surface area contributed by atoms with Gasteiger partial charge >= 0.3 is 6.03 Å². The lowest BCUT2D eigenvalue weighted by atomic mass is 9.97. The molecule has 1 aliphatic rings. The summed E-state index contributed by atoms with van der Waals surface area (Å²) in [6.45, 7) is 8.77. The van der Waals surface area contributed by atoms with Crippen molar-refractivity contribution < 1.29 is 9.53 Å². The van der Waals surface area contributed by atoms with Crippen LogP contribution in [0.5, 0.6) is 5.75 Å². The Balaban J connectivity index is 1.52. The van der Waals surface area contributed by atoms with Crippen molar-refractivity contribution in [3.63, 3.8) is 0 Å². The maximum atomic E-state index is 14.3. The van der Waals surface area contributed by atoms with Crippen LogP contribution in [-0.2, 0) is 6.54 Å². The third kappa shape index (κ3) is 4.78. The summed E-state index contributed by atoms with van der Waals surface area (Å²) >= 11 is 0. The highest BCUT2D eigenvalue weighted by Gasteiger charge is 2.36. The Morgan fingerprint density at radius 1 is 0.976 bits per heavy atom. The molecule has 208 valence electrons. The van der Waals surface area contributed by atoms with E-state index in [2.05, 4.69) is 72.4 Å². The van der Waals surface area contributed by atoms with Crippen molar-refractivity contribution in [3.05, 3.63) is 125 Å². The number of benzene rings is 3. The Morgan fingerprint density at radius 2 is 1.73 bits per heavy atom. The van der Waals surface area contributed by atoms with Crippen LogP contribution in [0.15, 0.2) is 91.1 Å². The molecule has 7 heteroatoms. The Bertz CT molecular complexity index is 1700. The highest BCUT2D eigenvalue weighted by Crippen LogP contribution is 2.39. The van der Waals surface area contributed by atoms with E-state index in [1.165, 1.54) is 5.56 Å². The Morgan fingerprint density at radius 3 is 2.44 bits per heavy atom. The second-order valence-electron chi connectivity index (χ2n) is 10.9. The molecule has 5 aromatic rings. The molecule has 2 aromatic heterocycles. The Hall–Kier alpha value is -4.78. The molecule has 0 aliphatic carbocycles. The number of rotatable bonds is 5. The molecule has 3 aromatic carbocycles. The second-order valence-corrected chi connectivity index (χ2v) is 10.9. The molecule has 7 nitrogen and oxygen atoms in total. The van der Waals surface area contributed by atoms with E-state index in [4.69, 9.17) is 9.84 Å². The third-order valence-electron chi connectivity index (χ3n) is 7.86. The zero-order chi connectivity index (χ0) is 28.7. The van der Waals surface area contributed by atoms with Crippen LogP contribution in [0.25, 0.3) is 11.5 Å². The molecule has 0 spiro atoms. The number of methoxy groups -OCH3 is 1. The molecule has 0 fully saturated rings. The Kier molecular flexibility index (Phi) is 6.87. The summed E-state index contributed by atoms with van der Waals surface area (Å²) in [6, 6.07) is 28.2. The lowest BCUT2D eigenvalue weighted by Crippen LogP contribution is -2.38. The first-order chi connectivity index (χ1) is 19.9. The van der Waals surface area contributed by atoms with Crippen LogP contribution < -0.4 is 10.1 Å². The molecule has 6 rings (SSSR count). The number of fused-ring (bicyclic) bond motifs is 3. The van der Waals surface area contributed by atoms with Gasteiger partial charge in [-0.2, -0.15) is 5.10 Å². The van der Waals surface area contributed by atoms with E-state index < -0.39 is 0 Å². The number of urea groups is 1. The molecule has 1 unspecified atom stereocenters. The number of aryl methyl sites for hydroxylation is 2. The topological polar surface area (TPSA) is 64.3 Å². The standard InChI is InChI=1S/C34H35N5O2/c1-22(2)25-14-16-26(17-15-25)32-30-12-9-19-37(30)33-28(24(4)36-39(33)27-10-7-6-8-11-27)21-38(32)34(40)35-29-20-23(3)13-18-31(29)41-5/h6-20,22,32H,21H2,1-5H3,(H,35,40). The molecule has 41 heavy (non-hydrogen) atoms. The third-order valence-corrected chi connectivity index (χ3v) is 7.86. The monoisotopic (exact) mass is 545 g/mol. The van der Waals surface area contributed by atoms with Crippen molar-refractivity contribution in [3.8, 4) is 17.3 Å². The molecule has 0 radical (unpaired) electrons. The predicted octanol–water partition coefficient (Wildman–Crippen LogP) is 7.55. The summed E-state index contributed by atoms with van der Waals surface area (Å²) in [7, 11) is 1.62. The van der Waals surface area contributed by atoms with E-state index in [0.717, 1.165) is 39.6 Å². The number of nitrogens with zero attached hydrogens (tertiary/aromatic N) is 4. The fraction of sp³-hybridized carbons (Fsp3) is 0.235. The number of hydrogen-bond donors (Lipinski definition) is 1. The van der Waals surface area contributed by atoms with Crippen molar-refractivity contribution in [2.75, 3.05) is 12.4 Å². The summed E-state index contributed by atoms with van der Waals surface area (Å²) in [5, 5.41) is 8.11. The van der Waals surface area contributed by atoms with Gasteiger partial charge in [0.1, 0.15) is 11.6 Å². The van der Waals surface area contributed by atoms with Crippen LogP contribution >= 0.6 is 0 Å². The fourth-order valence-electron chi connectivity index (χ4n) is 5.67. The van der Waals surface area contributed by atoms with Gasteiger partial charge in [0.05, 0.1) is 42.5 Å². The molecule has 0 bridgehead atoms. The predicted molar refractivity (Wildman–Crippen MR) is 162 cm³/mol.